The van der Waals surface area contributed by atoms with Crippen LogP contribution in [0.3, 0.4) is 0 Å². The van der Waals surface area contributed by atoms with E-state index in [1.807, 2.05) is 12.1 Å². The minimum atomic E-state index is -3.67. The molecule has 1 aliphatic heterocycles. The molecule has 1 atom stereocenters. The van der Waals surface area contributed by atoms with Crippen molar-refractivity contribution in [3.05, 3.63) is 53.6 Å². The van der Waals surface area contributed by atoms with Gasteiger partial charge in [0.05, 0.1) is 6.54 Å². The van der Waals surface area contributed by atoms with Gasteiger partial charge < -0.3 is 20.1 Å². The molecule has 0 spiro atoms. The van der Waals surface area contributed by atoms with E-state index in [1.165, 1.54) is 29.3 Å². The Balaban J connectivity index is 1.36. The molecule has 0 saturated carbocycles. The van der Waals surface area contributed by atoms with Gasteiger partial charge in [-0.2, -0.15) is 0 Å². The molecule has 2 N–H and O–H groups in total. The van der Waals surface area contributed by atoms with Crippen molar-refractivity contribution in [1.82, 2.24) is 5.32 Å². The van der Waals surface area contributed by atoms with Crippen LogP contribution < -0.4 is 20.1 Å². The number of nitrogens with one attached hydrogen (secondary N) is 2. The molecule has 7 heteroatoms. The minimum absolute atomic E-state index is 0.0510. The quantitative estimate of drug-likeness (QED) is 0.874. The molecule has 2 aromatic rings. The molecule has 2 aromatic carbocycles. The van der Waals surface area contributed by atoms with E-state index in [2.05, 4.69) is 32.2 Å². The first-order chi connectivity index (χ1) is 12.5. The number of hydrogen-bond donors (Lipinski definition) is 2. The van der Waals surface area contributed by atoms with Gasteiger partial charge in [0.15, 0.2) is 11.5 Å². The Kier molecular flexibility index (Phi) is 4.24. The fourth-order valence-electron chi connectivity index (χ4n) is 3.41. The number of anilines is 1. The Morgan fingerprint density at radius 2 is 1.96 bits per heavy atom. The van der Waals surface area contributed by atoms with Gasteiger partial charge in [0.1, 0.15) is 0 Å². The molecule has 5 nitrogen and oxygen atoms in total. The van der Waals surface area contributed by atoms with Gasteiger partial charge in [-0.05, 0) is 42.5 Å². The van der Waals surface area contributed by atoms with E-state index in [-0.39, 0.29) is 30.0 Å². The summed E-state index contributed by atoms with van der Waals surface area (Å²) in [5.41, 5.74) is 2.92. The monoisotopic (exact) mass is 360 g/mol. The lowest BCUT2D eigenvalue weighted by Gasteiger charge is -2.26. The fourth-order valence-corrected chi connectivity index (χ4v) is 3.41. The van der Waals surface area contributed by atoms with Crippen LogP contribution in [0.1, 0.15) is 30.0 Å². The Bertz CT molecular complexity index is 841. The maximum absolute atomic E-state index is 13.0. The average molecular weight is 360 g/mol. The Morgan fingerprint density at radius 3 is 2.85 bits per heavy atom. The Morgan fingerprint density at radius 1 is 1.15 bits per heavy atom. The highest BCUT2D eigenvalue weighted by atomic mass is 19.3. The summed E-state index contributed by atoms with van der Waals surface area (Å²) in [5, 5.41) is 5.96. The second-order valence-corrected chi connectivity index (χ2v) is 6.40. The van der Waals surface area contributed by atoms with Gasteiger partial charge >= 0.3 is 6.29 Å². The zero-order valence-electron chi connectivity index (χ0n) is 13.9. The minimum Gasteiger partial charge on any atom is -0.395 e. The third-order valence-corrected chi connectivity index (χ3v) is 4.56. The van der Waals surface area contributed by atoms with Gasteiger partial charge in [0.25, 0.3) is 0 Å². The van der Waals surface area contributed by atoms with Crippen LogP contribution in [0.5, 0.6) is 11.5 Å². The van der Waals surface area contributed by atoms with Crippen molar-refractivity contribution in [3.63, 3.8) is 0 Å². The van der Waals surface area contributed by atoms with Crippen molar-refractivity contribution in [2.24, 2.45) is 0 Å². The summed E-state index contributed by atoms with van der Waals surface area (Å²) in [6, 6.07) is 12.5. The molecule has 1 aliphatic carbocycles. The van der Waals surface area contributed by atoms with Crippen LogP contribution >= 0.6 is 0 Å². The number of aryl methyl sites for hydroxylation is 1. The van der Waals surface area contributed by atoms with E-state index in [9.17, 15) is 13.6 Å². The van der Waals surface area contributed by atoms with E-state index in [4.69, 9.17) is 0 Å². The van der Waals surface area contributed by atoms with Gasteiger partial charge in [0.2, 0.25) is 5.91 Å². The van der Waals surface area contributed by atoms with Gasteiger partial charge in [-0.15, -0.1) is 8.78 Å². The van der Waals surface area contributed by atoms with Crippen LogP contribution in [0.2, 0.25) is 0 Å². The predicted octanol–water partition coefficient (Wildman–Crippen LogP) is 3.61. The van der Waals surface area contributed by atoms with Gasteiger partial charge in [0, 0.05) is 17.8 Å². The number of carbonyl (C=O) groups excluding carboxylic acids is 1. The summed E-state index contributed by atoms with van der Waals surface area (Å²) in [5.74, 6) is -0.398. The Hall–Kier alpha value is -2.67. The summed E-state index contributed by atoms with van der Waals surface area (Å²) in [6.07, 6.45) is -0.556. The van der Waals surface area contributed by atoms with E-state index < -0.39 is 6.29 Å². The zero-order valence-corrected chi connectivity index (χ0v) is 13.9. The lowest BCUT2D eigenvalue weighted by atomic mass is 9.88. The molecule has 1 amide bonds. The molecule has 4 rings (SSSR count). The maximum Gasteiger partial charge on any atom is 0.586 e. The van der Waals surface area contributed by atoms with Gasteiger partial charge in [-0.3, -0.25) is 4.79 Å². The maximum atomic E-state index is 13.0. The average Bonchev–Trinajstić information content (AvgIpc) is 2.93. The number of amides is 1. The highest BCUT2D eigenvalue weighted by molar-refractivity contribution is 5.92. The van der Waals surface area contributed by atoms with Crippen LogP contribution in [0, 0.1) is 0 Å². The van der Waals surface area contributed by atoms with Crippen molar-refractivity contribution >= 4 is 11.6 Å². The second kappa shape index (κ2) is 6.57. The molecule has 0 fully saturated rings. The topological polar surface area (TPSA) is 59.6 Å². The molecule has 2 aliphatic rings. The summed E-state index contributed by atoms with van der Waals surface area (Å²) in [7, 11) is 0. The summed E-state index contributed by atoms with van der Waals surface area (Å²) in [4.78, 5) is 12.2. The van der Waals surface area contributed by atoms with E-state index in [0.29, 0.717) is 5.69 Å². The first-order valence-corrected chi connectivity index (χ1v) is 8.51. The van der Waals surface area contributed by atoms with Crippen LogP contribution in [-0.2, 0) is 11.2 Å². The fraction of sp³-hybridized carbons (Fsp3) is 0.316. The molecule has 1 heterocycles. The molecule has 0 bridgehead atoms. The molecular formula is C19H18F2N2O3. The van der Waals surface area contributed by atoms with Crippen molar-refractivity contribution in [2.45, 2.75) is 31.6 Å². The predicted molar refractivity (Wildman–Crippen MR) is 91.4 cm³/mol. The normalized spacial score (nSPS) is 19.7. The van der Waals surface area contributed by atoms with Gasteiger partial charge in [-0.1, -0.05) is 24.3 Å². The number of alkyl halides is 2. The van der Waals surface area contributed by atoms with E-state index in [1.54, 1.807) is 0 Å². The zero-order chi connectivity index (χ0) is 18.1. The number of rotatable bonds is 4. The molecular weight excluding hydrogens is 342 g/mol. The number of carbonyl (C=O) groups is 1. The smallest absolute Gasteiger partial charge is 0.395 e. The lowest BCUT2D eigenvalue weighted by molar-refractivity contribution is -0.286. The van der Waals surface area contributed by atoms with Crippen molar-refractivity contribution in [3.8, 4) is 11.5 Å². The number of halogens is 2. The van der Waals surface area contributed by atoms with Crippen LogP contribution in [-0.4, -0.2) is 18.7 Å². The largest absolute Gasteiger partial charge is 0.586 e. The second-order valence-electron chi connectivity index (χ2n) is 6.40. The van der Waals surface area contributed by atoms with Crippen molar-refractivity contribution in [2.75, 3.05) is 11.9 Å². The molecule has 0 radical (unpaired) electrons. The third kappa shape index (κ3) is 3.48. The number of hydrogen-bond acceptors (Lipinski definition) is 4. The number of fused-ring (bicyclic) bond motifs is 2. The SMILES string of the molecule is O=C(CNC1CCCc2ccccc21)Nc1ccc2c(c1)OC(F)(F)O2. The summed E-state index contributed by atoms with van der Waals surface area (Å²) < 4.78 is 34.8. The molecule has 26 heavy (non-hydrogen) atoms. The number of benzene rings is 2. The molecule has 0 saturated heterocycles. The summed E-state index contributed by atoms with van der Waals surface area (Å²) >= 11 is 0. The molecule has 136 valence electrons. The lowest BCUT2D eigenvalue weighted by Crippen LogP contribution is -2.33. The molecule has 0 aromatic heterocycles. The number of ether oxygens (including phenoxy) is 2. The highest BCUT2D eigenvalue weighted by Crippen LogP contribution is 2.42. The summed E-state index contributed by atoms with van der Waals surface area (Å²) in [6.45, 7) is 0.129. The third-order valence-electron chi connectivity index (χ3n) is 4.56. The van der Waals surface area contributed by atoms with E-state index in [0.717, 1.165) is 19.3 Å². The van der Waals surface area contributed by atoms with Crippen LogP contribution in [0.15, 0.2) is 42.5 Å². The van der Waals surface area contributed by atoms with Crippen molar-refractivity contribution in [1.29, 1.82) is 0 Å². The van der Waals surface area contributed by atoms with Crippen molar-refractivity contribution < 1.29 is 23.0 Å². The highest BCUT2D eigenvalue weighted by Gasteiger charge is 2.43. The Labute approximate surface area is 149 Å². The first-order valence-electron chi connectivity index (χ1n) is 8.51. The standard InChI is InChI=1S/C19H18F2N2O3/c20-19(21)25-16-9-8-13(10-17(16)26-19)23-18(24)11-22-15-7-3-5-12-4-1-2-6-14(12)15/h1-2,4,6,8-10,15,22H,3,5,7,11H2,(H,23,24). The van der Waals surface area contributed by atoms with Crippen LogP contribution in [0.4, 0.5) is 14.5 Å². The van der Waals surface area contributed by atoms with Gasteiger partial charge in [-0.25, -0.2) is 0 Å². The van der Waals surface area contributed by atoms with Crippen LogP contribution in [0.25, 0.3) is 0 Å². The van der Waals surface area contributed by atoms with E-state index >= 15 is 0 Å². The first kappa shape index (κ1) is 16.8. The molecule has 1 unspecified atom stereocenters.